The average molecular weight is 206 g/mol. The van der Waals surface area contributed by atoms with Crippen LogP contribution in [0, 0.1) is 0 Å². The highest BCUT2D eigenvalue weighted by atomic mass is 16.5. The minimum absolute atomic E-state index is 0.0250. The largest absolute Gasteiger partial charge is 0.493 e. The van der Waals surface area contributed by atoms with Crippen LogP contribution in [0.4, 0.5) is 0 Å². The monoisotopic (exact) mass is 206 g/mol. The lowest BCUT2D eigenvalue weighted by Crippen LogP contribution is -2.13. The molecule has 1 aromatic carbocycles. The normalized spacial score (nSPS) is 10.5. The number of aromatic nitrogens is 1. The van der Waals surface area contributed by atoms with Crippen LogP contribution in [0.3, 0.4) is 0 Å². The van der Waals surface area contributed by atoms with Gasteiger partial charge in [-0.3, -0.25) is 4.79 Å². The molecule has 0 radical (unpaired) electrons. The fourth-order valence-corrected chi connectivity index (χ4v) is 1.29. The molecule has 0 saturated carbocycles. The molecule has 0 aliphatic heterocycles. The van der Waals surface area contributed by atoms with Crippen molar-refractivity contribution in [2.75, 3.05) is 13.7 Å². The highest BCUT2D eigenvalue weighted by Gasteiger charge is 2.14. The highest BCUT2D eigenvalue weighted by Crippen LogP contribution is 2.25. The first-order chi connectivity index (χ1) is 7.26. The Morgan fingerprint density at radius 2 is 2.40 bits per heavy atom. The molecule has 0 aliphatic carbocycles. The number of nitrogens with zero attached hydrogens (tertiary/aromatic N) is 1. The second-order valence-corrected chi connectivity index (χ2v) is 2.95. The van der Waals surface area contributed by atoms with E-state index in [9.17, 15) is 4.79 Å². The van der Waals surface area contributed by atoms with Crippen LogP contribution in [-0.4, -0.2) is 24.4 Å². The third-order valence-electron chi connectivity index (χ3n) is 2.02. The molecular formula is C10H10N2O3. The van der Waals surface area contributed by atoms with E-state index in [-0.39, 0.29) is 18.2 Å². The summed E-state index contributed by atoms with van der Waals surface area (Å²) in [6.07, 6.45) is 0. The molecule has 15 heavy (non-hydrogen) atoms. The van der Waals surface area contributed by atoms with Crippen LogP contribution >= 0.6 is 0 Å². The molecule has 0 bridgehead atoms. The number of fused-ring (bicyclic) bond motifs is 1. The van der Waals surface area contributed by atoms with E-state index in [0.29, 0.717) is 16.8 Å². The van der Waals surface area contributed by atoms with E-state index in [2.05, 4.69) is 4.98 Å². The molecule has 5 heteroatoms. The van der Waals surface area contributed by atoms with E-state index >= 15 is 0 Å². The van der Waals surface area contributed by atoms with Crippen LogP contribution in [0.15, 0.2) is 22.6 Å². The number of oxazole rings is 1. The molecule has 2 aromatic rings. The third kappa shape index (κ3) is 1.57. The standard InChI is InChI=1S/C10H10N2O3/c1-14-8-4-2-3-6-9(8)15-10(12-6)7(13)5-11/h2-4H,5,11H2,1H3. The first-order valence-corrected chi connectivity index (χ1v) is 4.43. The highest BCUT2D eigenvalue weighted by molar-refractivity contribution is 5.96. The molecule has 0 spiro atoms. The molecule has 2 rings (SSSR count). The van der Waals surface area contributed by atoms with Crippen LogP contribution in [0.25, 0.3) is 11.1 Å². The van der Waals surface area contributed by atoms with E-state index in [0.717, 1.165) is 0 Å². The van der Waals surface area contributed by atoms with Crippen LogP contribution < -0.4 is 10.5 Å². The summed E-state index contributed by atoms with van der Waals surface area (Å²) >= 11 is 0. The maximum atomic E-state index is 11.3. The van der Waals surface area contributed by atoms with Crippen molar-refractivity contribution in [3.63, 3.8) is 0 Å². The SMILES string of the molecule is COc1cccc2nc(C(=O)CN)oc12. The van der Waals surface area contributed by atoms with Crippen LogP contribution in [0.5, 0.6) is 5.75 Å². The molecule has 2 N–H and O–H groups in total. The average Bonchev–Trinajstić information content (AvgIpc) is 2.71. The maximum absolute atomic E-state index is 11.3. The lowest BCUT2D eigenvalue weighted by atomic mass is 10.3. The van der Waals surface area contributed by atoms with Crippen molar-refractivity contribution in [1.82, 2.24) is 4.98 Å². The van der Waals surface area contributed by atoms with Gasteiger partial charge in [-0.2, -0.15) is 0 Å². The Bertz CT molecular complexity index is 504. The maximum Gasteiger partial charge on any atom is 0.265 e. The van der Waals surface area contributed by atoms with Crippen LogP contribution in [-0.2, 0) is 0 Å². The van der Waals surface area contributed by atoms with Gasteiger partial charge in [0.15, 0.2) is 11.3 Å². The van der Waals surface area contributed by atoms with E-state index in [1.165, 1.54) is 7.11 Å². The van der Waals surface area contributed by atoms with Gasteiger partial charge in [0, 0.05) is 0 Å². The predicted molar refractivity (Wildman–Crippen MR) is 53.9 cm³/mol. The number of ether oxygens (including phenoxy) is 1. The number of carbonyl (C=O) groups excluding carboxylic acids is 1. The first kappa shape index (κ1) is 9.67. The van der Waals surface area contributed by atoms with Crippen LogP contribution in [0.1, 0.15) is 10.7 Å². The molecule has 0 atom stereocenters. The second-order valence-electron chi connectivity index (χ2n) is 2.95. The number of nitrogens with two attached hydrogens (primary N) is 1. The Hall–Kier alpha value is -1.88. The summed E-state index contributed by atoms with van der Waals surface area (Å²) in [5.41, 5.74) is 6.27. The van der Waals surface area contributed by atoms with E-state index in [4.69, 9.17) is 14.9 Å². The number of para-hydroxylation sites is 1. The Kier molecular flexibility index (Phi) is 2.39. The molecule has 78 valence electrons. The Morgan fingerprint density at radius 3 is 3.07 bits per heavy atom. The number of rotatable bonds is 3. The fraction of sp³-hybridized carbons (Fsp3) is 0.200. The smallest absolute Gasteiger partial charge is 0.265 e. The number of benzene rings is 1. The van der Waals surface area contributed by atoms with Crippen molar-refractivity contribution in [3.8, 4) is 5.75 Å². The van der Waals surface area contributed by atoms with Crippen molar-refractivity contribution in [1.29, 1.82) is 0 Å². The van der Waals surface area contributed by atoms with Crippen molar-refractivity contribution < 1.29 is 13.9 Å². The van der Waals surface area contributed by atoms with Gasteiger partial charge < -0.3 is 14.9 Å². The Morgan fingerprint density at radius 1 is 1.60 bits per heavy atom. The third-order valence-corrected chi connectivity index (χ3v) is 2.02. The second kappa shape index (κ2) is 3.70. The molecule has 0 fully saturated rings. The van der Waals surface area contributed by atoms with Crippen molar-refractivity contribution in [2.45, 2.75) is 0 Å². The number of hydrogen-bond donors (Lipinski definition) is 1. The first-order valence-electron chi connectivity index (χ1n) is 4.43. The summed E-state index contributed by atoms with van der Waals surface area (Å²) < 4.78 is 10.4. The van der Waals surface area contributed by atoms with Gasteiger partial charge in [0.1, 0.15) is 5.52 Å². The number of Topliss-reactive ketones (excluding diaryl/α,β-unsaturated/α-hetero) is 1. The molecule has 0 aliphatic rings. The Labute approximate surface area is 85.8 Å². The molecule has 1 heterocycles. The summed E-state index contributed by atoms with van der Waals surface area (Å²) in [6.45, 7) is -0.116. The van der Waals surface area contributed by atoms with Gasteiger partial charge in [0.2, 0.25) is 5.78 Å². The number of ketones is 1. The van der Waals surface area contributed by atoms with Gasteiger partial charge in [0.05, 0.1) is 13.7 Å². The molecule has 5 nitrogen and oxygen atoms in total. The molecule has 0 saturated heterocycles. The quantitative estimate of drug-likeness (QED) is 0.757. The lowest BCUT2D eigenvalue weighted by Gasteiger charge is -1.97. The van der Waals surface area contributed by atoms with Gasteiger partial charge >= 0.3 is 0 Å². The van der Waals surface area contributed by atoms with E-state index in [1.807, 2.05) is 0 Å². The number of carbonyl (C=O) groups is 1. The fourth-order valence-electron chi connectivity index (χ4n) is 1.29. The summed E-state index contributed by atoms with van der Waals surface area (Å²) in [4.78, 5) is 15.3. The zero-order valence-corrected chi connectivity index (χ0v) is 8.19. The van der Waals surface area contributed by atoms with Gasteiger partial charge in [-0.05, 0) is 12.1 Å². The molecule has 1 aromatic heterocycles. The molecule has 0 unspecified atom stereocenters. The predicted octanol–water partition coefficient (Wildman–Crippen LogP) is 0.978. The zero-order valence-electron chi connectivity index (χ0n) is 8.19. The van der Waals surface area contributed by atoms with Gasteiger partial charge in [-0.1, -0.05) is 6.07 Å². The summed E-state index contributed by atoms with van der Waals surface area (Å²) in [5.74, 6) is 0.251. The molecular weight excluding hydrogens is 196 g/mol. The van der Waals surface area contributed by atoms with Crippen LogP contribution in [0.2, 0.25) is 0 Å². The Balaban J connectivity index is 2.60. The van der Waals surface area contributed by atoms with Gasteiger partial charge in [0.25, 0.3) is 5.89 Å². The van der Waals surface area contributed by atoms with Gasteiger partial charge in [-0.25, -0.2) is 4.98 Å². The molecule has 0 amide bonds. The number of methoxy groups -OCH3 is 1. The number of hydrogen-bond acceptors (Lipinski definition) is 5. The lowest BCUT2D eigenvalue weighted by molar-refractivity contribution is 0.0970. The summed E-state index contributed by atoms with van der Waals surface area (Å²) in [6, 6.07) is 5.26. The van der Waals surface area contributed by atoms with Crippen molar-refractivity contribution in [3.05, 3.63) is 24.1 Å². The summed E-state index contributed by atoms with van der Waals surface area (Å²) in [5, 5.41) is 0. The van der Waals surface area contributed by atoms with Crippen molar-refractivity contribution in [2.24, 2.45) is 5.73 Å². The minimum Gasteiger partial charge on any atom is -0.493 e. The van der Waals surface area contributed by atoms with Crippen molar-refractivity contribution >= 4 is 16.9 Å². The van der Waals surface area contributed by atoms with Gasteiger partial charge in [-0.15, -0.1) is 0 Å². The van der Waals surface area contributed by atoms with E-state index in [1.54, 1.807) is 18.2 Å². The minimum atomic E-state index is -0.326. The van der Waals surface area contributed by atoms with E-state index < -0.39 is 0 Å². The zero-order chi connectivity index (χ0) is 10.8. The topological polar surface area (TPSA) is 78.3 Å². The summed E-state index contributed by atoms with van der Waals surface area (Å²) in [7, 11) is 1.53.